The Bertz CT molecular complexity index is 1620. The number of sulfonamides is 1. The molecule has 0 aromatic heterocycles. The van der Waals surface area contributed by atoms with Crippen LogP contribution in [0.3, 0.4) is 0 Å². The van der Waals surface area contributed by atoms with Gasteiger partial charge in [-0.05, 0) is 84.4 Å². The van der Waals surface area contributed by atoms with Crippen LogP contribution < -0.4 is 9.47 Å². The third kappa shape index (κ3) is 6.82. The van der Waals surface area contributed by atoms with Gasteiger partial charge in [-0.25, -0.2) is 21.6 Å². The van der Waals surface area contributed by atoms with Crippen molar-refractivity contribution in [2.24, 2.45) is 0 Å². The maximum absolute atomic E-state index is 13.3. The lowest BCUT2D eigenvalue weighted by atomic mass is 9.88. The Kier molecular flexibility index (Phi) is 9.76. The van der Waals surface area contributed by atoms with Crippen molar-refractivity contribution in [2.45, 2.75) is 64.4 Å². The minimum absolute atomic E-state index is 0.0114. The van der Waals surface area contributed by atoms with Crippen LogP contribution >= 0.6 is 15.9 Å². The van der Waals surface area contributed by atoms with Crippen molar-refractivity contribution in [1.29, 1.82) is 0 Å². The maximum atomic E-state index is 13.3. The number of nitrogens with zero attached hydrogens (tertiary/aromatic N) is 2. The van der Waals surface area contributed by atoms with Crippen molar-refractivity contribution in [1.82, 2.24) is 9.21 Å². The predicted octanol–water partition coefficient (Wildman–Crippen LogP) is 2.49. The van der Waals surface area contributed by atoms with E-state index in [0.717, 1.165) is 4.90 Å². The average Bonchev–Trinajstić information content (AvgIpc) is 3.74. The Morgan fingerprint density at radius 2 is 1.82 bits per heavy atom. The van der Waals surface area contributed by atoms with Gasteiger partial charge in [-0.1, -0.05) is 6.07 Å². The second kappa shape index (κ2) is 13.0. The lowest BCUT2D eigenvalue weighted by Gasteiger charge is -2.38. The van der Waals surface area contributed by atoms with Crippen LogP contribution in [0, 0.1) is 0 Å². The molecule has 0 radical (unpaired) electrons. The number of aliphatic hydroxyl groups is 2. The zero-order chi connectivity index (χ0) is 32.6. The Morgan fingerprint density at radius 3 is 2.42 bits per heavy atom. The van der Waals surface area contributed by atoms with Gasteiger partial charge in [-0.2, -0.15) is 4.31 Å². The maximum Gasteiger partial charge on any atom is 0.407 e. The number of sulfone groups is 1. The summed E-state index contributed by atoms with van der Waals surface area (Å²) >= 11 is 3.33. The molecule has 16 heteroatoms. The second-order valence-corrected chi connectivity index (χ2v) is 16.9. The first-order valence-electron chi connectivity index (χ1n) is 14.5. The molecule has 1 amide bonds. The average molecular weight is 734 g/mol. The normalized spacial score (nSPS) is 21.7. The number of piperidine rings is 1. The van der Waals surface area contributed by atoms with Crippen LogP contribution in [0.2, 0.25) is 0 Å². The van der Waals surface area contributed by atoms with Crippen molar-refractivity contribution in [3.63, 3.8) is 0 Å². The van der Waals surface area contributed by atoms with Crippen molar-refractivity contribution in [3.05, 3.63) is 46.9 Å². The molecule has 2 aromatic carbocycles. The van der Waals surface area contributed by atoms with Gasteiger partial charge in [-0.3, -0.25) is 0 Å². The fraction of sp³-hybridized carbons (Fsp3) is 0.552. The van der Waals surface area contributed by atoms with Gasteiger partial charge in [-0.15, -0.1) is 0 Å². The fourth-order valence-corrected chi connectivity index (χ4v) is 9.95. The van der Waals surface area contributed by atoms with E-state index in [1.807, 2.05) is 0 Å². The van der Waals surface area contributed by atoms with Crippen LogP contribution in [0.4, 0.5) is 4.79 Å². The first-order chi connectivity index (χ1) is 21.3. The summed E-state index contributed by atoms with van der Waals surface area (Å²) in [4.78, 5) is 13.5. The molecule has 3 fully saturated rings. The van der Waals surface area contributed by atoms with E-state index >= 15 is 0 Å². The molecule has 248 valence electrons. The van der Waals surface area contributed by atoms with Gasteiger partial charge in [0.2, 0.25) is 10.0 Å². The summed E-state index contributed by atoms with van der Waals surface area (Å²) in [6.07, 6.45) is -0.580. The summed E-state index contributed by atoms with van der Waals surface area (Å²) in [6, 6.07) is 9.82. The first kappa shape index (κ1) is 33.9. The van der Waals surface area contributed by atoms with Crippen molar-refractivity contribution in [2.75, 3.05) is 46.6 Å². The van der Waals surface area contributed by atoms with E-state index in [2.05, 4.69) is 15.9 Å². The summed E-state index contributed by atoms with van der Waals surface area (Å²) in [5.41, 5.74) is -0.689. The van der Waals surface area contributed by atoms with Crippen LogP contribution in [-0.2, 0) is 24.6 Å². The molecule has 1 spiro atoms. The molecule has 5 rings (SSSR count). The molecule has 13 nitrogen and oxygen atoms in total. The summed E-state index contributed by atoms with van der Waals surface area (Å²) in [5.74, 6) is 0.708. The van der Waals surface area contributed by atoms with Gasteiger partial charge >= 0.3 is 6.09 Å². The van der Waals surface area contributed by atoms with Crippen LogP contribution in [0.15, 0.2) is 56.7 Å². The standard InChI is InChI=1S/C29H37BrN2O11S2/c1-41-26-6-5-24(14-25(26)30)45(39,40)31-11-9-28(10-12-31)15-20(17-43-28)32(27(35)36)16-21(34)18-42-22-3-2-4-23(13-22)44(37,38)29(19-33)7-8-29/h2-6,13-14,20-21,33-34H,7-12,15-19H2,1H3,(H,35,36)/t20-,21+/m1/s1. The smallest absolute Gasteiger partial charge is 0.407 e. The van der Waals surface area contributed by atoms with Crippen molar-refractivity contribution < 1.29 is 51.2 Å². The Hall–Kier alpha value is -2.47. The third-order valence-electron chi connectivity index (χ3n) is 8.90. The van der Waals surface area contributed by atoms with Crippen LogP contribution in [-0.4, -0.2) is 117 Å². The predicted molar refractivity (Wildman–Crippen MR) is 165 cm³/mol. The minimum Gasteiger partial charge on any atom is -0.496 e. The number of ether oxygens (including phenoxy) is 3. The molecular weight excluding hydrogens is 696 g/mol. The van der Waals surface area contributed by atoms with Gasteiger partial charge in [0.15, 0.2) is 9.84 Å². The topological polar surface area (TPSA) is 180 Å². The first-order valence-corrected chi connectivity index (χ1v) is 18.2. The number of benzene rings is 2. The van der Waals surface area contributed by atoms with E-state index in [1.165, 1.54) is 47.8 Å². The Morgan fingerprint density at radius 1 is 1.11 bits per heavy atom. The summed E-state index contributed by atoms with van der Waals surface area (Å²) in [5, 5.41) is 30.2. The molecule has 2 aromatic rings. The quantitative estimate of drug-likeness (QED) is 0.292. The van der Waals surface area contributed by atoms with E-state index in [9.17, 15) is 36.9 Å². The number of hydrogen-bond acceptors (Lipinski definition) is 10. The van der Waals surface area contributed by atoms with Gasteiger partial charge in [0.05, 0.1) is 57.5 Å². The van der Waals surface area contributed by atoms with Gasteiger partial charge in [0.1, 0.15) is 24.2 Å². The highest BCUT2D eigenvalue weighted by Gasteiger charge is 2.54. The highest BCUT2D eigenvalue weighted by molar-refractivity contribution is 9.10. The lowest BCUT2D eigenvalue weighted by molar-refractivity contribution is -0.0319. The largest absolute Gasteiger partial charge is 0.496 e. The number of carboxylic acid groups (broad SMARTS) is 1. The highest BCUT2D eigenvalue weighted by Crippen LogP contribution is 2.46. The monoisotopic (exact) mass is 732 g/mol. The molecule has 1 saturated carbocycles. The summed E-state index contributed by atoms with van der Waals surface area (Å²) in [7, 11) is -6.03. The van der Waals surface area contributed by atoms with Gasteiger partial charge in [0, 0.05) is 13.1 Å². The van der Waals surface area contributed by atoms with Crippen LogP contribution in [0.1, 0.15) is 32.1 Å². The SMILES string of the molecule is COc1ccc(S(=O)(=O)N2CCC3(CC2)C[C@@H](N(C[C@H](O)COc2cccc(S(=O)(=O)C4(CO)CC4)c2)C(=O)O)CO3)cc1Br. The molecule has 0 bridgehead atoms. The van der Waals surface area contributed by atoms with Crippen molar-refractivity contribution >= 4 is 41.9 Å². The molecule has 2 aliphatic heterocycles. The second-order valence-electron chi connectivity index (χ2n) is 11.8. The number of methoxy groups -OCH3 is 1. The zero-order valence-electron chi connectivity index (χ0n) is 24.7. The number of hydrogen-bond donors (Lipinski definition) is 3. The summed E-state index contributed by atoms with van der Waals surface area (Å²) in [6.45, 7) is -0.504. The van der Waals surface area contributed by atoms with Crippen LogP contribution in [0.5, 0.6) is 11.5 Å². The number of amides is 1. The van der Waals surface area contributed by atoms with Gasteiger partial charge in [0.25, 0.3) is 0 Å². The Balaban J connectivity index is 1.16. The minimum atomic E-state index is -3.76. The molecule has 1 aliphatic carbocycles. The molecular formula is C29H37BrN2O11S2. The lowest BCUT2D eigenvalue weighted by Crippen LogP contribution is -2.48. The van der Waals surface area contributed by atoms with Crippen molar-refractivity contribution in [3.8, 4) is 11.5 Å². The van der Waals surface area contributed by atoms with Crippen LogP contribution in [0.25, 0.3) is 0 Å². The zero-order valence-corrected chi connectivity index (χ0v) is 27.9. The van der Waals surface area contributed by atoms with E-state index < -0.39 is 55.1 Å². The number of rotatable bonds is 12. The fourth-order valence-electron chi connectivity index (χ4n) is 5.95. The van der Waals surface area contributed by atoms with E-state index in [1.54, 1.807) is 6.07 Å². The number of halogens is 1. The molecule has 2 saturated heterocycles. The molecule has 2 heterocycles. The third-order valence-corrected chi connectivity index (χ3v) is 14.0. The van der Waals surface area contributed by atoms with E-state index in [0.29, 0.717) is 42.3 Å². The molecule has 2 atom stereocenters. The molecule has 3 N–H and O–H groups in total. The molecule has 0 unspecified atom stereocenters. The molecule has 3 aliphatic rings. The number of aliphatic hydroxyl groups excluding tert-OH is 2. The number of carbonyl (C=O) groups is 1. The van der Waals surface area contributed by atoms with E-state index in [4.69, 9.17) is 14.2 Å². The summed E-state index contributed by atoms with van der Waals surface area (Å²) < 4.78 is 70.0. The Labute approximate surface area is 270 Å². The highest BCUT2D eigenvalue weighted by atomic mass is 79.9. The van der Waals surface area contributed by atoms with E-state index in [-0.39, 0.29) is 48.4 Å². The van der Waals surface area contributed by atoms with Gasteiger partial charge < -0.3 is 34.4 Å². The molecule has 45 heavy (non-hydrogen) atoms.